The maximum atomic E-state index is 8.76. The molecule has 0 radical (unpaired) electrons. The predicted octanol–water partition coefficient (Wildman–Crippen LogP) is 2.95. The molecular weight excluding hydrogens is 186 g/mol. The number of aliphatic hydroxyl groups excluding tert-OH is 1. The smallest absolute Gasteiger partial charge is 0.0431 e. The summed E-state index contributed by atoms with van der Waals surface area (Å²) in [4.78, 5) is 0. The Bertz CT molecular complexity index is 138. The first kappa shape index (κ1) is 14.9. The van der Waals surface area contributed by atoms with Crippen molar-refractivity contribution >= 4 is 0 Å². The van der Waals surface area contributed by atoms with E-state index in [1.807, 2.05) is 0 Å². The van der Waals surface area contributed by atoms with Crippen LogP contribution in [0.1, 0.15) is 59.8 Å². The van der Waals surface area contributed by atoms with Crippen LogP contribution in [0.15, 0.2) is 0 Å². The van der Waals surface area contributed by atoms with Crippen LogP contribution in [-0.4, -0.2) is 23.8 Å². The van der Waals surface area contributed by atoms with Crippen molar-refractivity contribution in [3.8, 4) is 0 Å². The van der Waals surface area contributed by atoms with Gasteiger partial charge in [0.1, 0.15) is 0 Å². The highest BCUT2D eigenvalue weighted by atomic mass is 16.2. The van der Waals surface area contributed by atoms with Gasteiger partial charge in [-0.15, -0.1) is 0 Å². The molecule has 0 spiro atoms. The Morgan fingerprint density at radius 1 is 1.13 bits per heavy atom. The summed E-state index contributed by atoms with van der Waals surface area (Å²) in [6.45, 7) is 9.36. The molecule has 0 aliphatic heterocycles. The normalized spacial score (nSPS) is 17.4. The third-order valence-electron chi connectivity index (χ3n) is 3.19. The molecule has 2 heteroatoms. The van der Waals surface area contributed by atoms with Crippen LogP contribution in [0.25, 0.3) is 0 Å². The van der Waals surface area contributed by atoms with Gasteiger partial charge in [-0.25, -0.2) is 0 Å². The van der Waals surface area contributed by atoms with Gasteiger partial charge in [-0.05, 0) is 38.5 Å². The summed E-state index contributed by atoms with van der Waals surface area (Å²) in [5.41, 5.74) is 0. The number of hydrogen-bond donors (Lipinski definition) is 2. The Kier molecular flexibility index (Phi) is 9.12. The van der Waals surface area contributed by atoms with Crippen LogP contribution in [0.2, 0.25) is 0 Å². The van der Waals surface area contributed by atoms with E-state index in [4.69, 9.17) is 5.11 Å². The van der Waals surface area contributed by atoms with Crippen LogP contribution < -0.4 is 5.32 Å². The Labute approximate surface area is 95.5 Å². The van der Waals surface area contributed by atoms with E-state index in [0.29, 0.717) is 18.7 Å². The first-order valence-corrected chi connectivity index (χ1v) is 6.50. The highest BCUT2D eigenvalue weighted by molar-refractivity contribution is 4.72. The number of hydrogen-bond acceptors (Lipinski definition) is 2. The molecule has 0 heterocycles. The van der Waals surface area contributed by atoms with E-state index in [1.165, 1.54) is 19.3 Å². The standard InChI is InChI=1S/C13H29NO/c1-5-11(3)10-13(6-2)14-12(4)8-7-9-15/h11-15H,5-10H2,1-4H3/t11-,12+,13+/m0/s1. The Balaban J connectivity index is 3.76. The molecule has 0 rings (SSSR count). The second kappa shape index (κ2) is 9.17. The summed E-state index contributed by atoms with van der Waals surface area (Å²) in [6, 6.07) is 1.18. The molecule has 15 heavy (non-hydrogen) atoms. The van der Waals surface area contributed by atoms with Crippen LogP contribution in [0.3, 0.4) is 0 Å². The molecule has 0 aliphatic carbocycles. The SMILES string of the molecule is CC[C@H](C)C[C@@H](CC)N[C@H](C)CCCO. The lowest BCUT2D eigenvalue weighted by Crippen LogP contribution is -2.37. The molecule has 0 aromatic carbocycles. The van der Waals surface area contributed by atoms with Gasteiger partial charge in [0.05, 0.1) is 0 Å². The van der Waals surface area contributed by atoms with Gasteiger partial charge in [-0.1, -0.05) is 27.2 Å². The summed E-state index contributed by atoms with van der Waals surface area (Å²) in [5, 5.41) is 12.4. The van der Waals surface area contributed by atoms with Crippen LogP contribution in [0, 0.1) is 5.92 Å². The average Bonchev–Trinajstić information content (AvgIpc) is 2.25. The summed E-state index contributed by atoms with van der Waals surface area (Å²) in [5.74, 6) is 0.812. The second-order valence-corrected chi connectivity index (χ2v) is 4.79. The lowest BCUT2D eigenvalue weighted by molar-refractivity contribution is 0.269. The summed E-state index contributed by atoms with van der Waals surface area (Å²) < 4.78 is 0. The van der Waals surface area contributed by atoms with E-state index in [1.54, 1.807) is 0 Å². The van der Waals surface area contributed by atoms with Crippen LogP contribution >= 0.6 is 0 Å². The van der Waals surface area contributed by atoms with Crippen LogP contribution in [0.5, 0.6) is 0 Å². The fourth-order valence-corrected chi connectivity index (χ4v) is 1.89. The molecule has 2 N–H and O–H groups in total. The van der Waals surface area contributed by atoms with Gasteiger partial charge in [0.25, 0.3) is 0 Å². The molecule has 0 fully saturated rings. The summed E-state index contributed by atoms with van der Waals surface area (Å²) in [7, 11) is 0. The zero-order valence-electron chi connectivity index (χ0n) is 10.9. The molecule has 2 nitrogen and oxygen atoms in total. The summed E-state index contributed by atoms with van der Waals surface area (Å²) in [6.07, 6.45) is 5.73. The largest absolute Gasteiger partial charge is 0.396 e. The molecule has 0 amide bonds. The number of rotatable bonds is 9. The average molecular weight is 215 g/mol. The van der Waals surface area contributed by atoms with Crippen LogP contribution in [0.4, 0.5) is 0 Å². The van der Waals surface area contributed by atoms with Gasteiger partial charge in [-0.3, -0.25) is 0 Å². The van der Waals surface area contributed by atoms with Crippen molar-refractivity contribution in [2.75, 3.05) is 6.61 Å². The zero-order chi connectivity index (χ0) is 11.7. The van der Waals surface area contributed by atoms with Crippen molar-refractivity contribution in [1.29, 1.82) is 0 Å². The summed E-state index contributed by atoms with van der Waals surface area (Å²) >= 11 is 0. The molecule has 0 unspecified atom stereocenters. The number of nitrogens with one attached hydrogen (secondary N) is 1. The molecule has 0 aromatic rings. The fraction of sp³-hybridized carbons (Fsp3) is 1.00. The highest BCUT2D eigenvalue weighted by Gasteiger charge is 2.12. The van der Waals surface area contributed by atoms with E-state index in [0.717, 1.165) is 18.8 Å². The Hall–Kier alpha value is -0.0800. The molecule has 3 atom stereocenters. The maximum Gasteiger partial charge on any atom is 0.0431 e. The molecule has 0 saturated heterocycles. The molecule has 0 saturated carbocycles. The highest BCUT2D eigenvalue weighted by Crippen LogP contribution is 2.13. The number of aliphatic hydroxyl groups is 1. The quantitative estimate of drug-likeness (QED) is 0.620. The van der Waals surface area contributed by atoms with Crippen molar-refractivity contribution < 1.29 is 5.11 Å². The molecule has 0 bridgehead atoms. The van der Waals surface area contributed by atoms with Crippen molar-refractivity contribution in [2.45, 2.75) is 71.9 Å². The topological polar surface area (TPSA) is 32.3 Å². The van der Waals surface area contributed by atoms with E-state index < -0.39 is 0 Å². The minimum absolute atomic E-state index is 0.314. The lowest BCUT2D eigenvalue weighted by atomic mass is 9.97. The third-order valence-corrected chi connectivity index (χ3v) is 3.19. The van der Waals surface area contributed by atoms with Gasteiger partial charge in [0, 0.05) is 18.7 Å². The Morgan fingerprint density at radius 2 is 1.80 bits per heavy atom. The zero-order valence-corrected chi connectivity index (χ0v) is 10.9. The van der Waals surface area contributed by atoms with Gasteiger partial charge in [-0.2, -0.15) is 0 Å². The van der Waals surface area contributed by atoms with Gasteiger partial charge in [0.15, 0.2) is 0 Å². The molecular formula is C13H29NO. The third kappa shape index (κ3) is 7.80. The van der Waals surface area contributed by atoms with Crippen molar-refractivity contribution in [3.05, 3.63) is 0 Å². The van der Waals surface area contributed by atoms with Gasteiger partial charge >= 0.3 is 0 Å². The van der Waals surface area contributed by atoms with E-state index in [-0.39, 0.29) is 0 Å². The first-order chi connectivity index (χ1) is 7.13. The van der Waals surface area contributed by atoms with Crippen LogP contribution in [-0.2, 0) is 0 Å². The first-order valence-electron chi connectivity index (χ1n) is 6.50. The van der Waals surface area contributed by atoms with E-state index in [9.17, 15) is 0 Å². The van der Waals surface area contributed by atoms with E-state index >= 15 is 0 Å². The molecule has 92 valence electrons. The maximum absolute atomic E-state index is 8.76. The minimum atomic E-state index is 0.314. The fourth-order valence-electron chi connectivity index (χ4n) is 1.89. The lowest BCUT2D eigenvalue weighted by Gasteiger charge is -2.24. The van der Waals surface area contributed by atoms with E-state index in [2.05, 4.69) is 33.0 Å². The predicted molar refractivity (Wildman–Crippen MR) is 67.1 cm³/mol. The van der Waals surface area contributed by atoms with Gasteiger partial charge < -0.3 is 10.4 Å². The minimum Gasteiger partial charge on any atom is -0.396 e. The van der Waals surface area contributed by atoms with Crippen molar-refractivity contribution in [2.24, 2.45) is 5.92 Å². The Morgan fingerprint density at radius 3 is 2.27 bits per heavy atom. The molecule has 0 aliphatic rings. The molecule has 0 aromatic heterocycles. The second-order valence-electron chi connectivity index (χ2n) is 4.79. The van der Waals surface area contributed by atoms with Crippen molar-refractivity contribution in [3.63, 3.8) is 0 Å². The van der Waals surface area contributed by atoms with Crippen molar-refractivity contribution in [1.82, 2.24) is 5.32 Å². The van der Waals surface area contributed by atoms with Gasteiger partial charge in [0.2, 0.25) is 0 Å². The monoisotopic (exact) mass is 215 g/mol.